The van der Waals surface area contributed by atoms with Crippen LogP contribution in [0.25, 0.3) is 0 Å². The first kappa shape index (κ1) is 14.4. The molecule has 0 rings (SSSR count). The highest BCUT2D eigenvalue weighted by Gasteiger charge is 2.27. The monoisotopic (exact) mass is 231 g/mol. The summed E-state index contributed by atoms with van der Waals surface area (Å²) in [7, 11) is 0. The minimum absolute atomic E-state index is 0.0491. The molecule has 2 amide bonds. The van der Waals surface area contributed by atoms with Crippen molar-refractivity contribution in [2.24, 2.45) is 11.5 Å². The molecule has 0 aliphatic rings. The van der Waals surface area contributed by atoms with Crippen LogP contribution < -0.4 is 16.8 Å². The van der Waals surface area contributed by atoms with Gasteiger partial charge in [0.2, 0.25) is 11.8 Å². The molecule has 0 aliphatic heterocycles. The van der Waals surface area contributed by atoms with Crippen LogP contribution in [0.2, 0.25) is 0 Å². The summed E-state index contributed by atoms with van der Waals surface area (Å²) < 4.78 is 0. The molecule has 0 aromatic carbocycles. The van der Waals surface area contributed by atoms with Crippen LogP contribution in [0.15, 0.2) is 0 Å². The molecule has 1 unspecified atom stereocenters. The minimum Gasteiger partial charge on any atom is -0.480 e. The van der Waals surface area contributed by atoms with Gasteiger partial charge in [0, 0.05) is 6.42 Å². The van der Waals surface area contributed by atoms with Crippen molar-refractivity contribution in [3.63, 3.8) is 0 Å². The summed E-state index contributed by atoms with van der Waals surface area (Å²) in [6, 6.07) is -1.15. The maximum atomic E-state index is 11.4. The van der Waals surface area contributed by atoms with Gasteiger partial charge in [0.1, 0.15) is 6.04 Å². The fourth-order valence-electron chi connectivity index (χ4n) is 0.888. The molecule has 0 bridgehead atoms. The fourth-order valence-corrected chi connectivity index (χ4v) is 0.888. The topological polar surface area (TPSA) is 136 Å². The van der Waals surface area contributed by atoms with Crippen molar-refractivity contribution in [1.82, 2.24) is 5.32 Å². The van der Waals surface area contributed by atoms with Crippen molar-refractivity contribution in [1.29, 1.82) is 0 Å². The van der Waals surface area contributed by atoms with Crippen LogP contribution in [0.3, 0.4) is 0 Å². The number of carboxylic acid groups (broad SMARTS) is 1. The number of carboxylic acids is 1. The van der Waals surface area contributed by atoms with Gasteiger partial charge in [0.25, 0.3) is 0 Å². The molecular weight excluding hydrogens is 214 g/mol. The lowest BCUT2D eigenvalue weighted by Crippen LogP contribution is -2.54. The van der Waals surface area contributed by atoms with Gasteiger partial charge in [-0.15, -0.1) is 0 Å². The molecule has 0 heterocycles. The third-order valence-electron chi connectivity index (χ3n) is 1.87. The Bertz CT molecular complexity index is 296. The SMILES string of the molecule is CC(C)(N)C(=O)NC(CCC(N)=O)C(=O)O. The lowest BCUT2D eigenvalue weighted by molar-refractivity contribution is -0.142. The van der Waals surface area contributed by atoms with Crippen molar-refractivity contribution in [2.45, 2.75) is 38.3 Å². The zero-order chi connectivity index (χ0) is 12.9. The molecule has 1 atom stereocenters. The Hall–Kier alpha value is -1.63. The fraction of sp³-hybridized carbons (Fsp3) is 0.667. The van der Waals surface area contributed by atoms with Gasteiger partial charge in [-0.05, 0) is 20.3 Å². The molecular formula is C9H17N3O4. The first-order valence-electron chi connectivity index (χ1n) is 4.75. The van der Waals surface area contributed by atoms with Gasteiger partial charge >= 0.3 is 5.97 Å². The molecule has 7 heteroatoms. The Morgan fingerprint density at radius 2 is 1.88 bits per heavy atom. The van der Waals surface area contributed by atoms with Crippen LogP contribution in [-0.2, 0) is 14.4 Å². The zero-order valence-corrected chi connectivity index (χ0v) is 9.32. The van der Waals surface area contributed by atoms with E-state index in [-0.39, 0.29) is 12.8 Å². The second kappa shape index (κ2) is 5.45. The van der Waals surface area contributed by atoms with Gasteiger partial charge < -0.3 is 21.9 Å². The van der Waals surface area contributed by atoms with Crippen molar-refractivity contribution in [3.8, 4) is 0 Å². The summed E-state index contributed by atoms with van der Waals surface area (Å²) in [5.74, 6) is -2.43. The molecule has 0 saturated carbocycles. The van der Waals surface area contributed by atoms with E-state index in [1.807, 2.05) is 0 Å². The maximum Gasteiger partial charge on any atom is 0.326 e. The number of rotatable bonds is 6. The molecule has 0 aromatic heterocycles. The smallest absolute Gasteiger partial charge is 0.326 e. The average Bonchev–Trinajstić information content (AvgIpc) is 2.09. The van der Waals surface area contributed by atoms with Gasteiger partial charge in [0.05, 0.1) is 5.54 Å². The Labute approximate surface area is 93.2 Å². The first-order chi connectivity index (χ1) is 7.14. The summed E-state index contributed by atoms with van der Waals surface area (Å²) in [4.78, 5) is 32.7. The van der Waals surface area contributed by atoms with E-state index >= 15 is 0 Å². The van der Waals surface area contributed by atoms with E-state index in [0.717, 1.165) is 0 Å². The number of carbonyl (C=O) groups excluding carboxylic acids is 2. The number of nitrogens with one attached hydrogen (secondary N) is 1. The largest absolute Gasteiger partial charge is 0.480 e. The van der Waals surface area contributed by atoms with Crippen molar-refractivity contribution < 1.29 is 19.5 Å². The maximum absolute atomic E-state index is 11.4. The van der Waals surface area contributed by atoms with E-state index in [4.69, 9.17) is 16.6 Å². The summed E-state index contributed by atoms with van der Waals surface area (Å²) >= 11 is 0. The van der Waals surface area contributed by atoms with Crippen LogP contribution in [0, 0.1) is 0 Å². The van der Waals surface area contributed by atoms with E-state index in [9.17, 15) is 14.4 Å². The zero-order valence-electron chi connectivity index (χ0n) is 9.32. The third kappa shape index (κ3) is 5.30. The quantitative estimate of drug-likeness (QED) is 0.444. The van der Waals surface area contributed by atoms with Crippen LogP contribution in [0.1, 0.15) is 26.7 Å². The highest BCUT2D eigenvalue weighted by molar-refractivity contribution is 5.89. The number of hydrogen-bond acceptors (Lipinski definition) is 4. The van der Waals surface area contributed by atoms with E-state index in [1.165, 1.54) is 13.8 Å². The van der Waals surface area contributed by atoms with Crippen molar-refractivity contribution in [3.05, 3.63) is 0 Å². The second-order valence-electron chi connectivity index (χ2n) is 4.09. The van der Waals surface area contributed by atoms with E-state index in [0.29, 0.717) is 0 Å². The number of carbonyl (C=O) groups is 3. The molecule has 0 radical (unpaired) electrons. The van der Waals surface area contributed by atoms with Crippen molar-refractivity contribution in [2.75, 3.05) is 0 Å². The molecule has 0 aliphatic carbocycles. The van der Waals surface area contributed by atoms with E-state index in [1.54, 1.807) is 0 Å². The Kier molecular flexibility index (Phi) is 4.90. The predicted octanol–water partition coefficient (Wildman–Crippen LogP) is -1.44. The standard InChI is InChI=1S/C9H17N3O4/c1-9(2,11)8(16)12-5(7(14)15)3-4-6(10)13/h5H,3-4,11H2,1-2H3,(H2,10,13)(H,12,16)(H,14,15). The number of aliphatic carboxylic acids is 1. The molecule has 6 N–H and O–H groups in total. The Morgan fingerprint density at radius 1 is 1.38 bits per heavy atom. The van der Waals surface area contributed by atoms with Gasteiger partial charge in [-0.3, -0.25) is 9.59 Å². The summed E-state index contributed by atoms with van der Waals surface area (Å²) in [5.41, 5.74) is 9.21. The highest BCUT2D eigenvalue weighted by Crippen LogP contribution is 2.02. The van der Waals surface area contributed by atoms with Crippen LogP contribution in [-0.4, -0.2) is 34.5 Å². The number of primary amides is 1. The Morgan fingerprint density at radius 3 is 2.19 bits per heavy atom. The highest BCUT2D eigenvalue weighted by atomic mass is 16.4. The number of amides is 2. The van der Waals surface area contributed by atoms with E-state index in [2.05, 4.69) is 5.32 Å². The normalized spacial score (nSPS) is 12.9. The third-order valence-corrected chi connectivity index (χ3v) is 1.87. The molecule has 16 heavy (non-hydrogen) atoms. The van der Waals surface area contributed by atoms with Crippen LogP contribution >= 0.6 is 0 Å². The van der Waals surface area contributed by atoms with Gasteiger partial charge in [0.15, 0.2) is 0 Å². The van der Waals surface area contributed by atoms with Gasteiger partial charge in [-0.25, -0.2) is 4.79 Å². The molecule has 0 spiro atoms. The molecule has 0 aromatic rings. The molecule has 0 fully saturated rings. The van der Waals surface area contributed by atoms with Crippen LogP contribution in [0.5, 0.6) is 0 Å². The lowest BCUT2D eigenvalue weighted by atomic mass is 10.0. The predicted molar refractivity (Wildman–Crippen MR) is 56.3 cm³/mol. The number of nitrogens with two attached hydrogens (primary N) is 2. The van der Waals surface area contributed by atoms with E-state index < -0.39 is 29.4 Å². The second-order valence-corrected chi connectivity index (χ2v) is 4.09. The lowest BCUT2D eigenvalue weighted by Gasteiger charge is -2.21. The molecule has 0 saturated heterocycles. The summed E-state index contributed by atoms with van der Waals surface area (Å²) in [5, 5.41) is 11.0. The van der Waals surface area contributed by atoms with Gasteiger partial charge in [-0.2, -0.15) is 0 Å². The molecule has 92 valence electrons. The van der Waals surface area contributed by atoms with Gasteiger partial charge in [-0.1, -0.05) is 0 Å². The van der Waals surface area contributed by atoms with Crippen LogP contribution in [0.4, 0.5) is 0 Å². The average molecular weight is 231 g/mol. The number of hydrogen-bond donors (Lipinski definition) is 4. The minimum atomic E-state index is -1.22. The molecule has 7 nitrogen and oxygen atoms in total. The summed E-state index contributed by atoms with van der Waals surface area (Å²) in [6.07, 6.45) is -0.158. The summed E-state index contributed by atoms with van der Waals surface area (Å²) in [6.45, 7) is 2.91. The first-order valence-corrected chi connectivity index (χ1v) is 4.75. The van der Waals surface area contributed by atoms with Crippen molar-refractivity contribution >= 4 is 17.8 Å². The Balaban J connectivity index is 4.41.